The van der Waals surface area contributed by atoms with Crippen LogP contribution in [0.15, 0.2) is 72.9 Å². The van der Waals surface area contributed by atoms with Crippen molar-refractivity contribution in [1.82, 2.24) is 0 Å². The Hall–Kier alpha value is -1.77. The van der Waals surface area contributed by atoms with Gasteiger partial charge in [0.25, 0.3) is 0 Å². The number of carboxylic acids is 3. The van der Waals surface area contributed by atoms with Crippen LogP contribution in [0, 0.1) is 41.7 Å². The second-order valence-corrected chi connectivity index (χ2v) is 16.1. The fourth-order valence-electron chi connectivity index (χ4n) is 6.24. The van der Waals surface area contributed by atoms with Crippen molar-refractivity contribution in [2.45, 2.75) is 252 Å². The van der Waals surface area contributed by atoms with Crippen LogP contribution in [0.2, 0.25) is 0 Å². The first-order valence-corrected chi connectivity index (χ1v) is 24.8. The average Bonchev–Trinajstić information content (AvgIpc) is 3.22. The maximum atomic E-state index is 10.2. The fourth-order valence-corrected chi connectivity index (χ4v) is 6.24. The van der Waals surface area contributed by atoms with Crippen LogP contribution in [-0.2, 0) is 14.4 Å². The molecule has 0 spiro atoms. The molecule has 0 heterocycles. The minimum Gasteiger partial charge on any atom is -0.550 e. The summed E-state index contributed by atoms with van der Waals surface area (Å²) in [6.45, 7) is 6.70. The van der Waals surface area contributed by atoms with E-state index in [0.717, 1.165) is 96.3 Å². The summed E-state index contributed by atoms with van der Waals surface area (Å²) in [6.07, 6.45) is 65.8. The third-order valence-corrected chi connectivity index (χ3v) is 9.99. The summed E-state index contributed by atoms with van der Waals surface area (Å²) >= 11 is 0. The first-order chi connectivity index (χ1) is 29.3. The first kappa shape index (κ1) is 65.8. The van der Waals surface area contributed by atoms with Gasteiger partial charge in [-0.25, -0.2) is 0 Å². The Labute approximate surface area is 411 Å². The molecule has 0 aliphatic carbocycles. The van der Waals surface area contributed by atoms with Gasteiger partial charge in [0, 0.05) is 17.9 Å². The molecule has 0 saturated heterocycles. The predicted octanol–water partition coefficient (Wildman–Crippen LogP) is 13.6. The van der Waals surface area contributed by atoms with E-state index in [0.29, 0.717) is 0 Å². The van der Waals surface area contributed by atoms with Gasteiger partial charge in [0.15, 0.2) is 0 Å². The molecule has 0 bridgehead atoms. The number of hydrogen-bond acceptors (Lipinski definition) is 6. The molecule has 0 rings (SSSR count). The molecular formula is C54H93CeO6. The monoisotopic (exact) mass is 978 g/mol. The molecule has 0 amide bonds. The minimum atomic E-state index is -0.921. The Kier molecular flexibility index (Phi) is 67.5. The molecule has 0 aliphatic heterocycles. The molecule has 0 aromatic rings. The summed E-state index contributed by atoms with van der Waals surface area (Å²) in [5.41, 5.74) is 0. The van der Waals surface area contributed by atoms with E-state index in [1.165, 1.54) is 116 Å². The largest absolute Gasteiger partial charge is 3.00 e. The summed E-state index contributed by atoms with van der Waals surface area (Å²) in [5.74, 6) is -2.76. The van der Waals surface area contributed by atoms with Gasteiger partial charge in [-0.05, 0) is 135 Å². The summed E-state index contributed by atoms with van der Waals surface area (Å²) in [5, 5.41) is 30.6. The van der Waals surface area contributed by atoms with E-state index in [9.17, 15) is 29.7 Å². The van der Waals surface area contributed by atoms with Crippen molar-refractivity contribution < 1.29 is 71.5 Å². The van der Waals surface area contributed by atoms with Crippen molar-refractivity contribution in [2.75, 3.05) is 0 Å². The summed E-state index contributed by atoms with van der Waals surface area (Å²) in [7, 11) is 0. The van der Waals surface area contributed by atoms with Gasteiger partial charge in [-0.2, -0.15) is 0 Å². The number of aliphatic carboxylic acids is 3. The number of unbranched alkanes of at least 4 members (excludes halogenated alkanes) is 24. The van der Waals surface area contributed by atoms with Crippen molar-refractivity contribution in [3.63, 3.8) is 0 Å². The van der Waals surface area contributed by atoms with Gasteiger partial charge in [0.2, 0.25) is 0 Å². The zero-order valence-corrected chi connectivity index (χ0v) is 43.0. The van der Waals surface area contributed by atoms with E-state index < -0.39 is 17.9 Å². The van der Waals surface area contributed by atoms with Crippen LogP contribution >= 0.6 is 0 Å². The molecular weight excluding hydrogens is 885 g/mol. The van der Waals surface area contributed by atoms with Crippen LogP contribution in [-0.4, -0.2) is 17.9 Å². The molecule has 1 radical (unpaired) electrons. The van der Waals surface area contributed by atoms with Crippen molar-refractivity contribution in [3.8, 4) is 0 Å². The molecule has 349 valence electrons. The second kappa shape index (κ2) is 62.5. The molecule has 0 atom stereocenters. The zero-order chi connectivity index (χ0) is 44.7. The van der Waals surface area contributed by atoms with Gasteiger partial charge in [-0.3, -0.25) is 0 Å². The van der Waals surface area contributed by atoms with Gasteiger partial charge in [-0.15, -0.1) is 0 Å². The summed E-state index contributed by atoms with van der Waals surface area (Å²) < 4.78 is 0. The number of rotatable bonds is 42. The van der Waals surface area contributed by atoms with Crippen LogP contribution in [0.1, 0.15) is 252 Å². The Morgan fingerprint density at radius 1 is 0.279 bits per heavy atom. The Morgan fingerprint density at radius 2 is 0.459 bits per heavy atom. The van der Waals surface area contributed by atoms with Crippen LogP contribution in [0.4, 0.5) is 0 Å². The van der Waals surface area contributed by atoms with E-state index >= 15 is 0 Å². The van der Waals surface area contributed by atoms with Gasteiger partial charge >= 0.3 is 41.7 Å². The number of hydrogen-bond donors (Lipinski definition) is 0. The molecule has 0 aromatic heterocycles. The van der Waals surface area contributed by atoms with E-state index in [2.05, 4.69) is 93.7 Å². The Morgan fingerprint density at radius 3 is 0.656 bits per heavy atom. The average molecular weight is 978 g/mol. The SMILES string of the molecule is CCCCC/C=C\C/C=C\CCCCCCCC(=O)[O-].CCCCC/C=C\C/C=C\CCCCCCCC(=O)[O-].CCCCC/C=C\C/C=C\CCCCCCCC(=O)[O-].[Ce+3]. The number of carbonyl (C=O) groups is 3. The second-order valence-electron chi connectivity index (χ2n) is 16.1. The van der Waals surface area contributed by atoms with Crippen LogP contribution in [0.5, 0.6) is 0 Å². The van der Waals surface area contributed by atoms with E-state index in [1.54, 1.807) is 0 Å². The molecule has 0 N–H and O–H groups in total. The molecule has 0 aliphatic rings. The normalized spacial score (nSPS) is 11.5. The van der Waals surface area contributed by atoms with Crippen LogP contribution in [0.3, 0.4) is 0 Å². The van der Waals surface area contributed by atoms with Crippen molar-refractivity contribution in [3.05, 3.63) is 72.9 Å². The van der Waals surface area contributed by atoms with Crippen molar-refractivity contribution >= 4 is 17.9 Å². The van der Waals surface area contributed by atoms with E-state index in [1.807, 2.05) is 0 Å². The van der Waals surface area contributed by atoms with Gasteiger partial charge in [0.1, 0.15) is 0 Å². The zero-order valence-electron chi connectivity index (χ0n) is 39.8. The minimum absolute atomic E-state index is 0. The predicted molar refractivity (Wildman–Crippen MR) is 253 cm³/mol. The standard InChI is InChI=1S/3C18H32O2.Ce/c3*1-2-3-4-5-6-7-8-9-10-11-12-13-14-15-16-17-18(19)20;/h3*6-7,9-10H,2-5,8,11-17H2,1H3,(H,19,20);/q;;;+3/p-3/b3*7-6-,10-9-;. The first-order valence-electron chi connectivity index (χ1n) is 24.8. The maximum Gasteiger partial charge on any atom is 3.00 e. The van der Waals surface area contributed by atoms with Crippen LogP contribution < -0.4 is 15.3 Å². The summed E-state index contributed by atoms with van der Waals surface area (Å²) in [6, 6.07) is 0. The molecule has 0 aromatic carbocycles. The van der Waals surface area contributed by atoms with Gasteiger partial charge < -0.3 is 29.7 Å². The quantitative estimate of drug-likeness (QED) is 0.0444. The molecule has 0 fully saturated rings. The molecule has 7 heteroatoms. The number of carbonyl (C=O) groups excluding carboxylic acids is 3. The summed E-state index contributed by atoms with van der Waals surface area (Å²) in [4.78, 5) is 30.6. The van der Waals surface area contributed by atoms with Crippen molar-refractivity contribution in [2.24, 2.45) is 0 Å². The van der Waals surface area contributed by atoms with Crippen molar-refractivity contribution in [1.29, 1.82) is 0 Å². The third kappa shape index (κ3) is 76.0. The molecule has 61 heavy (non-hydrogen) atoms. The molecule has 6 nitrogen and oxygen atoms in total. The number of allylic oxidation sites excluding steroid dienone is 12. The van der Waals surface area contributed by atoms with Gasteiger partial charge in [-0.1, -0.05) is 190 Å². The topological polar surface area (TPSA) is 120 Å². The maximum absolute atomic E-state index is 10.2. The Bertz CT molecular complexity index is 940. The van der Waals surface area contributed by atoms with E-state index in [-0.39, 0.29) is 61.0 Å². The molecule has 0 unspecified atom stereocenters. The Balaban J connectivity index is -0.000000396. The van der Waals surface area contributed by atoms with Gasteiger partial charge in [0.05, 0.1) is 0 Å². The van der Waals surface area contributed by atoms with E-state index in [4.69, 9.17) is 0 Å². The van der Waals surface area contributed by atoms with Crippen LogP contribution in [0.25, 0.3) is 0 Å². The fraction of sp³-hybridized carbons (Fsp3) is 0.722. The third-order valence-electron chi connectivity index (χ3n) is 9.99. The molecule has 0 saturated carbocycles. The number of carboxylic acid groups (broad SMARTS) is 3. The smallest absolute Gasteiger partial charge is 0.550 e.